The molecule has 1 unspecified atom stereocenters. The van der Waals surface area contributed by atoms with Gasteiger partial charge in [0.15, 0.2) is 0 Å². The second-order valence-electron chi connectivity index (χ2n) is 3.29. The first-order valence-corrected chi connectivity index (χ1v) is 4.83. The van der Waals surface area contributed by atoms with E-state index in [4.69, 9.17) is 0 Å². The molecule has 1 N–H and O–H groups in total. The monoisotopic (exact) mass is 216 g/mol. The number of rotatable bonds is 5. The maximum Gasteiger partial charge on any atom is 0.387 e. The van der Waals surface area contributed by atoms with Crippen LogP contribution in [0.25, 0.3) is 0 Å². The van der Waals surface area contributed by atoms with Gasteiger partial charge in [0.2, 0.25) is 0 Å². The number of ether oxygens (including phenoxy) is 1. The molecule has 0 bridgehead atoms. The molecule has 0 aliphatic heterocycles. The summed E-state index contributed by atoms with van der Waals surface area (Å²) in [5.74, 6) is 0.139. The smallest absolute Gasteiger partial charge is 0.387 e. The molecular weight excluding hydrogens is 202 g/mol. The lowest BCUT2D eigenvalue weighted by Gasteiger charge is -2.08. The lowest BCUT2D eigenvalue weighted by Crippen LogP contribution is -2.08. The van der Waals surface area contributed by atoms with Crippen LogP contribution >= 0.6 is 0 Å². The topological polar surface area (TPSA) is 29.5 Å². The zero-order valence-electron chi connectivity index (χ0n) is 8.49. The van der Waals surface area contributed by atoms with Gasteiger partial charge in [-0.2, -0.15) is 8.78 Å². The molecule has 84 valence electrons. The van der Waals surface area contributed by atoms with Crippen molar-refractivity contribution in [3.05, 3.63) is 29.8 Å². The minimum Gasteiger partial charge on any atom is -0.435 e. The Labute approximate surface area is 87.5 Å². The SMILES string of the molecule is CCC(O)Cc1ccc(OC(F)F)cc1. The van der Waals surface area contributed by atoms with Gasteiger partial charge in [0.1, 0.15) is 5.75 Å². The zero-order chi connectivity index (χ0) is 11.3. The summed E-state index contributed by atoms with van der Waals surface area (Å²) in [4.78, 5) is 0. The molecule has 0 saturated heterocycles. The molecule has 1 rings (SSSR count). The number of aliphatic hydroxyl groups is 1. The van der Waals surface area contributed by atoms with Gasteiger partial charge in [-0.3, -0.25) is 0 Å². The van der Waals surface area contributed by atoms with E-state index in [1.165, 1.54) is 12.1 Å². The normalized spacial score (nSPS) is 12.9. The van der Waals surface area contributed by atoms with Crippen molar-refractivity contribution in [2.45, 2.75) is 32.5 Å². The zero-order valence-corrected chi connectivity index (χ0v) is 8.49. The van der Waals surface area contributed by atoms with Gasteiger partial charge in [-0.05, 0) is 30.5 Å². The molecule has 2 nitrogen and oxygen atoms in total. The van der Waals surface area contributed by atoms with E-state index < -0.39 is 6.61 Å². The Morgan fingerprint density at radius 2 is 1.87 bits per heavy atom. The maximum absolute atomic E-state index is 11.8. The van der Waals surface area contributed by atoms with Crippen LogP contribution in [0.1, 0.15) is 18.9 Å². The van der Waals surface area contributed by atoms with E-state index in [9.17, 15) is 13.9 Å². The Morgan fingerprint density at radius 1 is 1.27 bits per heavy atom. The first-order valence-electron chi connectivity index (χ1n) is 4.83. The van der Waals surface area contributed by atoms with E-state index in [1.807, 2.05) is 6.92 Å². The summed E-state index contributed by atoms with van der Waals surface area (Å²) in [5.41, 5.74) is 0.908. The van der Waals surface area contributed by atoms with Crippen molar-refractivity contribution in [1.82, 2.24) is 0 Å². The molecule has 0 saturated carbocycles. The molecule has 0 heterocycles. The van der Waals surface area contributed by atoms with Crippen molar-refractivity contribution in [3.63, 3.8) is 0 Å². The van der Waals surface area contributed by atoms with E-state index in [-0.39, 0.29) is 11.9 Å². The number of benzene rings is 1. The summed E-state index contributed by atoms with van der Waals surface area (Å²) in [7, 11) is 0. The Kier molecular flexibility index (Phi) is 4.49. The number of halogens is 2. The van der Waals surface area contributed by atoms with Crippen LogP contribution in [-0.4, -0.2) is 17.8 Å². The van der Waals surface area contributed by atoms with E-state index >= 15 is 0 Å². The van der Waals surface area contributed by atoms with Gasteiger partial charge in [0, 0.05) is 0 Å². The number of hydrogen-bond acceptors (Lipinski definition) is 2. The average molecular weight is 216 g/mol. The quantitative estimate of drug-likeness (QED) is 0.819. The molecule has 0 aliphatic rings. The summed E-state index contributed by atoms with van der Waals surface area (Å²) in [6.07, 6.45) is 0.827. The van der Waals surface area contributed by atoms with Gasteiger partial charge >= 0.3 is 6.61 Å². The van der Waals surface area contributed by atoms with Crippen LogP contribution in [0.5, 0.6) is 5.75 Å². The summed E-state index contributed by atoms with van der Waals surface area (Å²) in [6.45, 7) is -0.907. The lowest BCUT2D eigenvalue weighted by molar-refractivity contribution is -0.0498. The minimum absolute atomic E-state index is 0.139. The van der Waals surface area contributed by atoms with Crippen LogP contribution in [0, 0.1) is 0 Å². The first kappa shape index (κ1) is 11.9. The Morgan fingerprint density at radius 3 is 2.33 bits per heavy atom. The summed E-state index contributed by atoms with van der Waals surface area (Å²) >= 11 is 0. The van der Waals surface area contributed by atoms with Gasteiger partial charge in [0.05, 0.1) is 6.10 Å². The third-order valence-corrected chi connectivity index (χ3v) is 2.09. The molecule has 4 heteroatoms. The fourth-order valence-corrected chi connectivity index (χ4v) is 1.22. The predicted molar refractivity (Wildman–Crippen MR) is 53.1 cm³/mol. The molecule has 0 aromatic heterocycles. The number of hydrogen-bond donors (Lipinski definition) is 1. The second-order valence-corrected chi connectivity index (χ2v) is 3.29. The van der Waals surface area contributed by atoms with Crippen molar-refractivity contribution < 1.29 is 18.6 Å². The molecule has 1 aromatic rings. The minimum atomic E-state index is -2.79. The molecule has 1 aromatic carbocycles. The standard InChI is InChI=1S/C11H14F2O2/c1-2-9(14)7-8-3-5-10(6-4-8)15-11(12)13/h3-6,9,11,14H,2,7H2,1H3. The Bertz CT molecular complexity index is 285. The van der Waals surface area contributed by atoms with Crippen LogP contribution in [-0.2, 0) is 6.42 Å². The molecule has 0 amide bonds. The largest absolute Gasteiger partial charge is 0.435 e. The Balaban J connectivity index is 2.56. The molecule has 1 atom stereocenters. The fourth-order valence-electron chi connectivity index (χ4n) is 1.22. The highest BCUT2D eigenvalue weighted by Gasteiger charge is 2.05. The fraction of sp³-hybridized carbons (Fsp3) is 0.455. The molecule has 0 radical (unpaired) electrons. The van der Waals surface area contributed by atoms with E-state index in [0.717, 1.165) is 5.56 Å². The van der Waals surface area contributed by atoms with Crippen molar-refractivity contribution >= 4 is 0 Å². The third kappa shape index (κ3) is 4.25. The average Bonchev–Trinajstić information content (AvgIpc) is 2.20. The maximum atomic E-state index is 11.8. The molecule has 0 fully saturated rings. The van der Waals surface area contributed by atoms with Gasteiger partial charge in [-0.1, -0.05) is 19.1 Å². The van der Waals surface area contributed by atoms with Crippen LogP contribution in [0.2, 0.25) is 0 Å². The van der Waals surface area contributed by atoms with Crippen molar-refractivity contribution in [2.24, 2.45) is 0 Å². The highest BCUT2D eigenvalue weighted by Crippen LogP contribution is 2.16. The number of aliphatic hydroxyl groups excluding tert-OH is 1. The summed E-state index contributed by atoms with van der Waals surface area (Å²) in [6, 6.07) is 6.31. The molecular formula is C11H14F2O2. The lowest BCUT2D eigenvalue weighted by atomic mass is 10.1. The molecule has 15 heavy (non-hydrogen) atoms. The van der Waals surface area contributed by atoms with Crippen LogP contribution in [0.3, 0.4) is 0 Å². The molecule has 0 spiro atoms. The van der Waals surface area contributed by atoms with Gasteiger partial charge in [-0.25, -0.2) is 0 Å². The second kappa shape index (κ2) is 5.66. The highest BCUT2D eigenvalue weighted by atomic mass is 19.3. The van der Waals surface area contributed by atoms with Crippen LogP contribution in [0.4, 0.5) is 8.78 Å². The highest BCUT2D eigenvalue weighted by molar-refractivity contribution is 5.27. The van der Waals surface area contributed by atoms with Crippen LogP contribution in [0.15, 0.2) is 24.3 Å². The van der Waals surface area contributed by atoms with Gasteiger partial charge in [-0.15, -0.1) is 0 Å². The summed E-state index contributed by atoms with van der Waals surface area (Å²) in [5, 5.41) is 9.37. The van der Waals surface area contributed by atoms with Crippen molar-refractivity contribution in [2.75, 3.05) is 0 Å². The Hall–Kier alpha value is -1.16. The van der Waals surface area contributed by atoms with Crippen molar-refractivity contribution in [1.29, 1.82) is 0 Å². The van der Waals surface area contributed by atoms with Crippen LogP contribution < -0.4 is 4.74 Å². The van der Waals surface area contributed by atoms with Crippen molar-refractivity contribution in [3.8, 4) is 5.75 Å². The van der Waals surface area contributed by atoms with E-state index in [1.54, 1.807) is 12.1 Å². The first-order chi connectivity index (χ1) is 7.11. The predicted octanol–water partition coefficient (Wildman–Crippen LogP) is 2.60. The van der Waals surface area contributed by atoms with Gasteiger partial charge < -0.3 is 9.84 Å². The summed E-state index contributed by atoms with van der Waals surface area (Å²) < 4.78 is 27.9. The third-order valence-electron chi connectivity index (χ3n) is 2.09. The van der Waals surface area contributed by atoms with E-state index in [2.05, 4.69) is 4.74 Å². The van der Waals surface area contributed by atoms with E-state index in [0.29, 0.717) is 12.8 Å². The molecule has 0 aliphatic carbocycles. The number of alkyl halides is 2. The van der Waals surface area contributed by atoms with Gasteiger partial charge in [0.25, 0.3) is 0 Å².